The van der Waals surface area contributed by atoms with Gasteiger partial charge >= 0.3 is 0 Å². The third kappa shape index (κ3) is 2.75. The van der Waals surface area contributed by atoms with Gasteiger partial charge in [0.05, 0.1) is 12.1 Å². The van der Waals surface area contributed by atoms with Crippen LogP contribution in [0.4, 0.5) is 0 Å². The lowest BCUT2D eigenvalue weighted by Gasteiger charge is -2.36. The first-order valence-corrected chi connectivity index (χ1v) is 7.29. The van der Waals surface area contributed by atoms with E-state index in [4.69, 9.17) is 5.73 Å². The van der Waals surface area contributed by atoms with Crippen molar-refractivity contribution in [1.82, 2.24) is 4.90 Å². The van der Waals surface area contributed by atoms with Crippen LogP contribution in [0.3, 0.4) is 0 Å². The minimum atomic E-state index is 0.114. The number of aryl methyl sites for hydroxylation is 1. The predicted molar refractivity (Wildman–Crippen MR) is 79.1 cm³/mol. The van der Waals surface area contributed by atoms with E-state index < -0.39 is 0 Å². The zero-order valence-electron chi connectivity index (χ0n) is 11.7. The summed E-state index contributed by atoms with van der Waals surface area (Å²) in [6.07, 6.45) is 4.94. The Labute approximate surface area is 115 Å². The number of nitrogens with zero attached hydrogens (tertiary/aromatic N) is 2. The summed E-state index contributed by atoms with van der Waals surface area (Å²) < 4.78 is 0. The lowest BCUT2D eigenvalue weighted by atomic mass is 9.92. The third-order valence-corrected chi connectivity index (χ3v) is 4.44. The molecule has 1 aliphatic carbocycles. The topological polar surface area (TPSA) is 41.6 Å². The molecule has 1 fully saturated rings. The molecule has 102 valence electrons. The van der Waals surface area contributed by atoms with Crippen LogP contribution < -0.4 is 5.73 Å². The zero-order chi connectivity index (χ0) is 13.3. The normalized spacial score (nSPS) is 26.6. The quantitative estimate of drug-likeness (QED) is 0.880. The standard InChI is InChI=1S/C16H23N3/c1-16(10-9-13-5-3-2-4-6-13)12-18-15(17)19(16)11-14-7-8-14/h2-6,14H,7-12H2,1H3,(H2,17,18). The Morgan fingerprint density at radius 2 is 2.05 bits per heavy atom. The summed E-state index contributed by atoms with van der Waals surface area (Å²) in [6.45, 7) is 4.25. The van der Waals surface area contributed by atoms with E-state index in [0.717, 1.165) is 37.8 Å². The van der Waals surface area contributed by atoms with Gasteiger partial charge < -0.3 is 10.6 Å². The Balaban J connectivity index is 1.64. The number of benzene rings is 1. The number of rotatable bonds is 5. The average molecular weight is 257 g/mol. The summed E-state index contributed by atoms with van der Waals surface area (Å²) in [5.74, 6) is 1.60. The van der Waals surface area contributed by atoms with Gasteiger partial charge in [0.1, 0.15) is 0 Å². The van der Waals surface area contributed by atoms with Crippen LogP contribution in [0.5, 0.6) is 0 Å². The lowest BCUT2D eigenvalue weighted by molar-refractivity contribution is 0.201. The second kappa shape index (κ2) is 4.87. The fraction of sp³-hybridized carbons (Fsp3) is 0.562. The summed E-state index contributed by atoms with van der Waals surface area (Å²) in [5, 5.41) is 0. The number of guanidine groups is 1. The molecule has 0 bridgehead atoms. The Bertz CT molecular complexity index is 464. The SMILES string of the molecule is CC1(CCc2ccccc2)CN=C(N)N1CC1CC1. The molecule has 0 amide bonds. The Morgan fingerprint density at radius 1 is 1.32 bits per heavy atom. The van der Waals surface area contributed by atoms with Crippen LogP contribution in [0.2, 0.25) is 0 Å². The fourth-order valence-electron chi connectivity index (χ4n) is 2.84. The van der Waals surface area contributed by atoms with Crippen LogP contribution in [-0.2, 0) is 6.42 Å². The van der Waals surface area contributed by atoms with E-state index in [0.29, 0.717) is 0 Å². The highest BCUT2D eigenvalue weighted by Gasteiger charge is 2.40. The van der Waals surface area contributed by atoms with Crippen molar-refractivity contribution in [3.8, 4) is 0 Å². The maximum absolute atomic E-state index is 6.08. The van der Waals surface area contributed by atoms with E-state index in [2.05, 4.69) is 47.1 Å². The van der Waals surface area contributed by atoms with Gasteiger partial charge in [0.15, 0.2) is 5.96 Å². The van der Waals surface area contributed by atoms with E-state index in [1.54, 1.807) is 0 Å². The Kier molecular flexibility index (Phi) is 3.21. The second-order valence-electron chi connectivity index (χ2n) is 6.21. The molecule has 1 aliphatic heterocycles. The molecule has 3 nitrogen and oxygen atoms in total. The molecule has 2 N–H and O–H groups in total. The second-order valence-corrected chi connectivity index (χ2v) is 6.21. The highest BCUT2D eigenvalue weighted by molar-refractivity contribution is 5.81. The molecular formula is C16H23N3. The van der Waals surface area contributed by atoms with Crippen molar-refractivity contribution in [1.29, 1.82) is 0 Å². The molecule has 1 aromatic rings. The summed E-state index contributed by atoms with van der Waals surface area (Å²) in [5.41, 5.74) is 7.59. The van der Waals surface area contributed by atoms with E-state index in [-0.39, 0.29) is 5.54 Å². The van der Waals surface area contributed by atoms with Crippen LogP contribution in [-0.4, -0.2) is 29.5 Å². The van der Waals surface area contributed by atoms with Gasteiger partial charge in [-0.05, 0) is 44.1 Å². The van der Waals surface area contributed by atoms with Crippen molar-refractivity contribution in [3.05, 3.63) is 35.9 Å². The van der Waals surface area contributed by atoms with Gasteiger partial charge in [-0.3, -0.25) is 4.99 Å². The number of hydrogen-bond donors (Lipinski definition) is 1. The molecule has 1 aromatic carbocycles. The van der Waals surface area contributed by atoms with Gasteiger partial charge in [0, 0.05) is 6.54 Å². The van der Waals surface area contributed by atoms with E-state index in [1.807, 2.05) is 0 Å². The Morgan fingerprint density at radius 3 is 2.74 bits per heavy atom. The summed E-state index contributed by atoms with van der Waals surface area (Å²) in [6, 6.07) is 10.7. The molecule has 0 aromatic heterocycles. The maximum atomic E-state index is 6.08. The van der Waals surface area contributed by atoms with Gasteiger partial charge in [-0.25, -0.2) is 0 Å². The van der Waals surface area contributed by atoms with E-state index in [1.165, 1.54) is 18.4 Å². The number of nitrogens with two attached hydrogens (primary N) is 1. The molecule has 0 saturated heterocycles. The Hall–Kier alpha value is -1.51. The highest BCUT2D eigenvalue weighted by atomic mass is 15.4. The first kappa shape index (κ1) is 12.5. The van der Waals surface area contributed by atoms with Crippen LogP contribution in [0, 0.1) is 5.92 Å². The van der Waals surface area contributed by atoms with Gasteiger partial charge in [0.25, 0.3) is 0 Å². The summed E-state index contributed by atoms with van der Waals surface area (Å²) in [4.78, 5) is 6.84. The maximum Gasteiger partial charge on any atom is 0.191 e. The van der Waals surface area contributed by atoms with Crippen LogP contribution in [0.25, 0.3) is 0 Å². The van der Waals surface area contributed by atoms with Crippen molar-refractivity contribution in [2.75, 3.05) is 13.1 Å². The van der Waals surface area contributed by atoms with Gasteiger partial charge in [-0.1, -0.05) is 30.3 Å². The molecule has 1 unspecified atom stereocenters. The smallest absolute Gasteiger partial charge is 0.191 e. The predicted octanol–water partition coefficient (Wildman–Crippen LogP) is 2.42. The van der Waals surface area contributed by atoms with Gasteiger partial charge in [-0.15, -0.1) is 0 Å². The minimum absolute atomic E-state index is 0.114. The van der Waals surface area contributed by atoms with Crippen molar-refractivity contribution >= 4 is 5.96 Å². The summed E-state index contributed by atoms with van der Waals surface area (Å²) >= 11 is 0. The van der Waals surface area contributed by atoms with Gasteiger partial charge in [0.2, 0.25) is 0 Å². The highest BCUT2D eigenvalue weighted by Crippen LogP contribution is 2.35. The van der Waals surface area contributed by atoms with Crippen LogP contribution in [0.15, 0.2) is 35.3 Å². The molecule has 1 saturated carbocycles. The van der Waals surface area contributed by atoms with Gasteiger partial charge in [-0.2, -0.15) is 0 Å². The molecule has 1 heterocycles. The molecule has 19 heavy (non-hydrogen) atoms. The minimum Gasteiger partial charge on any atom is -0.370 e. The molecule has 0 spiro atoms. The fourth-order valence-corrected chi connectivity index (χ4v) is 2.84. The molecule has 1 atom stereocenters. The first-order valence-electron chi connectivity index (χ1n) is 7.29. The number of hydrogen-bond acceptors (Lipinski definition) is 3. The molecule has 0 radical (unpaired) electrons. The lowest BCUT2D eigenvalue weighted by Crippen LogP contribution is -2.50. The monoisotopic (exact) mass is 257 g/mol. The van der Waals surface area contributed by atoms with E-state index >= 15 is 0 Å². The van der Waals surface area contributed by atoms with Crippen molar-refractivity contribution in [2.45, 2.75) is 38.1 Å². The molecular weight excluding hydrogens is 234 g/mol. The third-order valence-electron chi connectivity index (χ3n) is 4.44. The van der Waals surface area contributed by atoms with Crippen LogP contribution in [0.1, 0.15) is 31.7 Å². The number of aliphatic imine (C=N–C) groups is 1. The largest absolute Gasteiger partial charge is 0.370 e. The first-order chi connectivity index (χ1) is 9.17. The van der Waals surface area contributed by atoms with Crippen molar-refractivity contribution in [2.24, 2.45) is 16.6 Å². The van der Waals surface area contributed by atoms with Crippen molar-refractivity contribution < 1.29 is 0 Å². The zero-order valence-corrected chi connectivity index (χ0v) is 11.7. The van der Waals surface area contributed by atoms with Crippen LogP contribution >= 0.6 is 0 Å². The van der Waals surface area contributed by atoms with E-state index in [9.17, 15) is 0 Å². The molecule has 3 heteroatoms. The van der Waals surface area contributed by atoms with Crippen molar-refractivity contribution in [3.63, 3.8) is 0 Å². The average Bonchev–Trinajstić information content (AvgIpc) is 3.20. The molecule has 3 rings (SSSR count). The molecule has 2 aliphatic rings. The summed E-state index contributed by atoms with van der Waals surface area (Å²) in [7, 11) is 0.